The maximum atomic E-state index is 12.4. The molecule has 106 valence electrons. The van der Waals surface area contributed by atoms with Crippen LogP contribution in [0.15, 0.2) is 0 Å². The third-order valence-electron chi connectivity index (χ3n) is 4.38. The molecular formula is C13H25NO3S. The van der Waals surface area contributed by atoms with Crippen LogP contribution in [0.1, 0.15) is 44.9 Å². The standard InChI is InChI=1S/C13H25NO3S/c15-10-12-6-3-8-14(9-7-12)18(16,17)11-13-4-1-2-5-13/h12-13,15H,1-11H2. The Labute approximate surface area is 110 Å². The smallest absolute Gasteiger partial charge is 0.214 e. The first-order valence-corrected chi connectivity index (χ1v) is 8.81. The van der Waals surface area contributed by atoms with Crippen LogP contribution in [0.2, 0.25) is 0 Å². The van der Waals surface area contributed by atoms with E-state index in [4.69, 9.17) is 5.11 Å². The molecule has 1 saturated heterocycles. The van der Waals surface area contributed by atoms with Gasteiger partial charge in [0, 0.05) is 19.7 Å². The predicted molar refractivity (Wildman–Crippen MR) is 71.7 cm³/mol. The Morgan fingerprint density at radius 3 is 2.28 bits per heavy atom. The molecule has 0 aromatic rings. The molecule has 2 fully saturated rings. The molecule has 1 heterocycles. The predicted octanol–water partition coefficient (Wildman–Crippen LogP) is 1.60. The summed E-state index contributed by atoms with van der Waals surface area (Å²) in [6.07, 6.45) is 7.17. The Balaban J connectivity index is 1.92. The summed E-state index contributed by atoms with van der Waals surface area (Å²) in [7, 11) is -3.07. The SMILES string of the molecule is O=S(=O)(CC1CCCC1)N1CCCC(CO)CC1. The monoisotopic (exact) mass is 275 g/mol. The lowest BCUT2D eigenvalue weighted by molar-refractivity contribution is 0.213. The average molecular weight is 275 g/mol. The van der Waals surface area contributed by atoms with Crippen molar-refractivity contribution in [2.45, 2.75) is 44.9 Å². The molecule has 2 rings (SSSR count). The van der Waals surface area contributed by atoms with Crippen LogP contribution in [-0.4, -0.2) is 43.3 Å². The van der Waals surface area contributed by atoms with Crippen LogP contribution in [0.25, 0.3) is 0 Å². The molecule has 0 radical (unpaired) electrons. The first kappa shape index (κ1) is 14.3. The van der Waals surface area contributed by atoms with E-state index in [-0.39, 0.29) is 12.5 Å². The lowest BCUT2D eigenvalue weighted by atomic mass is 10.0. The van der Waals surface area contributed by atoms with Gasteiger partial charge in [-0.1, -0.05) is 12.8 Å². The van der Waals surface area contributed by atoms with Crippen molar-refractivity contribution in [3.63, 3.8) is 0 Å². The number of aliphatic hydroxyl groups is 1. The maximum Gasteiger partial charge on any atom is 0.214 e. The van der Waals surface area contributed by atoms with Crippen LogP contribution in [0.3, 0.4) is 0 Å². The summed E-state index contributed by atoms with van der Waals surface area (Å²) in [4.78, 5) is 0. The summed E-state index contributed by atoms with van der Waals surface area (Å²) >= 11 is 0. The average Bonchev–Trinajstić information content (AvgIpc) is 2.69. The van der Waals surface area contributed by atoms with Crippen molar-refractivity contribution >= 4 is 10.0 Å². The van der Waals surface area contributed by atoms with Crippen LogP contribution < -0.4 is 0 Å². The van der Waals surface area contributed by atoms with Crippen molar-refractivity contribution in [3.8, 4) is 0 Å². The lowest BCUT2D eigenvalue weighted by Gasteiger charge is -2.22. The van der Waals surface area contributed by atoms with Gasteiger partial charge in [-0.3, -0.25) is 0 Å². The molecule has 1 unspecified atom stereocenters. The molecule has 5 heteroatoms. The normalized spacial score (nSPS) is 28.4. The molecule has 1 saturated carbocycles. The van der Waals surface area contributed by atoms with E-state index in [1.54, 1.807) is 4.31 Å². The van der Waals surface area contributed by atoms with Crippen molar-refractivity contribution in [1.29, 1.82) is 0 Å². The van der Waals surface area contributed by atoms with Gasteiger partial charge in [0.2, 0.25) is 10.0 Å². The van der Waals surface area contributed by atoms with Crippen molar-refractivity contribution in [3.05, 3.63) is 0 Å². The minimum atomic E-state index is -3.07. The van der Waals surface area contributed by atoms with Gasteiger partial charge in [-0.05, 0) is 43.9 Å². The summed E-state index contributed by atoms with van der Waals surface area (Å²) in [6.45, 7) is 1.43. The molecule has 0 aromatic carbocycles. The highest BCUT2D eigenvalue weighted by Gasteiger charge is 2.29. The summed E-state index contributed by atoms with van der Waals surface area (Å²) in [6, 6.07) is 0. The van der Waals surface area contributed by atoms with E-state index in [0.717, 1.165) is 32.1 Å². The van der Waals surface area contributed by atoms with E-state index in [1.807, 2.05) is 0 Å². The van der Waals surface area contributed by atoms with Gasteiger partial charge in [0.15, 0.2) is 0 Å². The van der Waals surface area contributed by atoms with Crippen molar-refractivity contribution < 1.29 is 13.5 Å². The third-order valence-corrected chi connectivity index (χ3v) is 6.42. The molecule has 1 aliphatic heterocycles. The highest BCUT2D eigenvalue weighted by atomic mass is 32.2. The molecule has 0 spiro atoms. The number of nitrogens with zero attached hydrogens (tertiary/aromatic N) is 1. The first-order valence-electron chi connectivity index (χ1n) is 7.20. The first-order chi connectivity index (χ1) is 8.62. The molecule has 0 amide bonds. The van der Waals surface area contributed by atoms with E-state index in [1.165, 1.54) is 12.8 Å². The van der Waals surface area contributed by atoms with Gasteiger partial charge in [-0.25, -0.2) is 12.7 Å². The van der Waals surface area contributed by atoms with Crippen LogP contribution >= 0.6 is 0 Å². The topological polar surface area (TPSA) is 57.6 Å². The van der Waals surface area contributed by atoms with E-state index in [0.29, 0.717) is 24.8 Å². The highest BCUT2D eigenvalue weighted by molar-refractivity contribution is 7.89. The molecule has 0 aromatic heterocycles. The Morgan fingerprint density at radius 2 is 1.61 bits per heavy atom. The van der Waals surface area contributed by atoms with Gasteiger partial charge >= 0.3 is 0 Å². The van der Waals surface area contributed by atoms with E-state index < -0.39 is 10.0 Å². The maximum absolute atomic E-state index is 12.4. The number of sulfonamides is 1. The summed E-state index contributed by atoms with van der Waals surface area (Å²) in [5.74, 6) is 1.01. The number of aliphatic hydroxyl groups excluding tert-OH is 1. The second kappa shape index (κ2) is 6.35. The van der Waals surface area contributed by atoms with Crippen LogP contribution in [-0.2, 0) is 10.0 Å². The van der Waals surface area contributed by atoms with Gasteiger partial charge in [-0.2, -0.15) is 0 Å². The number of hydrogen-bond acceptors (Lipinski definition) is 3. The molecule has 2 aliphatic rings. The minimum absolute atomic E-state index is 0.191. The third kappa shape index (κ3) is 3.68. The Kier molecular flexibility index (Phi) is 5.04. The van der Waals surface area contributed by atoms with Gasteiger partial charge in [0.1, 0.15) is 0 Å². The van der Waals surface area contributed by atoms with Crippen LogP contribution in [0, 0.1) is 11.8 Å². The van der Waals surface area contributed by atoms with Crippen molar-refractivity contribution in [2.24, 2.45) is 11.8 Å². The molecule has 1 aliphatic carbocycles. The Morgan fingerprint density at radius 1 is 0.944 bits per heavy atom. The van der Waals surface area contributed by atoms with Crippen LogP contribution in [0.5, 0.6) is 0 Å². The Bertz CT molecular complexity index is 349. The fourth-order valence-electron chi connectivity index (χ4n) is 3.18. The second-order valence-electron chi connectivity index (χ2n) is 5.81. The molecule has 18 heavy (non-hydrogen) atoms. The molecular weight excluding hydrogens is 250 g/mol. The van der Waals surface area contributed by atoms with Gasteiger partial charge in [0.25, 0.3) is 0 Å². The zero-order valence-electron chi connectivity index (χ0n) is 11.1. The van der Waals surface area contributed by atoms with E-state index in [2.05, 4.69) is 0 Å². The quantitative estimate of drug-likeness (QED) is 0.848. The largest absolute Gasteiger partial charge is 0.396 e. The van der Waals surface area contributed by atoms with E-state index in [9.17, 15) is 8.42 Å². The second-order valence-corrected chi connectivity index (χ2v) is 7.82. The van der Waals surface area contributed by atoms with Crippen LogP contribution in [0.4, 0.5) is 0 Å². The van der Waals surface area contributed by atoms with Crippen molar-refractivity contribution in [2.75, 3.05) is 25.4 Å². The highest BCUT2D eigenvalue weighted by Crippen LogP contribution is 2.28. The number of rotatable bonds is 4. The zero-order chi connectivity index (χ0) is 13.0. The Hall–Kier alpha value is -0.130. The van der Waals surface area contributed by atoms with Gasteiger partial charge in [-0.15, -0.1) is 0 Å². The molecule has 0 bridgehead atoms. The van der Waals surface area contributed by atoms with Gasteiger partial charge < -0.3 is 5.11 Å². The fourth-order valence-corrected chi connectivity index (χ4v) is 5.11. The zero-order valence-corrected chi connectivity index (χ0v) is 11.9. The molecule has 4 nitrogen and oxygen atoms in total. The summed E-state index contributed by atoms with van der Waals surface area (Å²) < 4.78 is 26.4. The summed E-state index contributed by atoms with van der Waals surface area (Å²) in [5, 5.41) is 9.17. The number of hydrogen-bond donors (Lipinski definition) is 1. The van der Waals surface area contributed by atoms with Gasteiger partial charge in [0.05, 0.1) is 5.75 Å². The minimum Gasteiger partial charge on any atom is -0.396 e. The van der Waals surface area contributed by atoms with Crippen molar-refractivity contribution in [1.82, 2.24) is 4.31 Å². The molecule has 1 N–H and O–H groups in total. The summed E-state index contributed by atoms with van der Waals surface area (Å²) in [5.41, 5.74) is 0. The lowest BCUT2D eigenvalue weighted by Crippen LogP contribution is -2.35. The fraction of sp³-hybridized carbons (Fsp3) is 1.00. The van der Waals surface area contributed by atoms with E-state index >= 15 is 0 Å². The molecule has 1 atom stereocenters.